The van der Waals surface area contributed by atoms with Crippen LogP contribution in [-0.2, 0) is 22.9 Å². The molecule has 1 N–H and O–H groups in total. The maximum atomic E-state index is 10.4. The molecular weight excluding hydrogens is 358 g/mol. The molecular formula is C20H33N5O3. The Bertz CT molecular complexity index is 775. The van der Waals surface area contributed by atoms with Gasteiger partial charge < -0.3 is 24.4 Å². The van der Waals surface area contributed by atoms with Crippen molar-refractivity contribution in [1.82, 2.24) is 14.8 Å². The first kappa shape index (κ1) is 22.1. The van der Waals surface area contributed by atoms with E-state index in [1.165, 1.54) is 0 Å². The first-order chi connectivity index (χ1) is 13.3. The second-order valence-electron chi connectivity index (χ2n) is 7.17. The van der Waals surface area contributed by atoms with Crippen molar-refractivity contribution >= 4 is 17.3 Å². The van der Waals surface area contributed by atoms with Gasteiger partial charge in [0.1, 0.15) is 11.9 Å². The highest BCUT2D eigenvalue weighted by Gasteiger charge is 2.29. The third kappa shape index (κ3) is 4.63. The largest absolute Gasteiger partial charge is 0.388 e. The smallest absolute Gasteiger partial charge is 0.158 e. The number of aliphatic hydroxyl groups is 1. The monoisotopic (exact) mass is 391 g/mol. The molecule has 1 atom stereocenters. The zero-order valence-electron chi connectivity index (χ0n) is 18.1. The number of aliphatic hydroxyl groups excluding tert-OH is 1. The molecule has 1 aliphatic heterocycles. The summed E-state index contributed by atoms with van der Waals surface area (Å²) in [5.41, 5.74) is 4.18. The number of ether oxygens (including phenoxy) is 2. The van der Waals surface area contributed by atoms with Gasteiger partial charge in [0, 0.05) is 54.6 Å². The minimum atomic E-state index is -0.665. The average molecular weight is 392 g/mol. The number of rotatable bonds is 5. The molecule has 0 fully saturated rings. The van der Waals surface area contributed by atoms with Crippen LogP contribution in [0.3, 0.4) is 0 Å². The number of anilines is 3. The Morgan fingerprint density at radius 3 is 2.54 bits per heavy atom. The molecule has 0 aliphatic carbocycles. The van der Waals surface area contributed by atoms with Gasteiger partial charge in [0.2, 0.25) is 0 Å². The minimum absolute atomic E-state index is 0.268. The lowest BCUT2D eigenvalue weighted by atomic mass is 10.0. The van der Waals surface area contributed by atoms with Crippen LogP contribution in [0.4, 0.5) is 17.3 Å². The lowest BCUT2D eigenvalue weighted by Gasteiger charge is -2.29. The van der Waals surface area contributed by atoms with Gasteiger partial charge in [-0.2, -0.15) is 5.10 Å². The van der Waals surface area contributed by atoms with Crippen LogP contribution >= 0.6 is 0 Å². The summed E-state index contributed by atoms with van der Waals surface area (Å²) in [7, 11) is 10.7. The summed E-state index contributed by atoms with van der Waals surface area (Å²) in [6.07, 6.45) is 3.18. The summed E-state index contributed by atoms with van der Waals surface area (Å²) >= 11 is 0. The maximum Gasteiger partial charge on any atom is 0.158 e. The van der Waals surface area contributed by atoms with Crippen LogP contribution in [0.5, 0.6) is 0 Å². The van der Waals surface area contributed by atoms with Gasteiger partial charge in [-0.3, -0.25) is 4.68 Å². The van der Waals surface area contributed by atoms with Gasteiger partial charge in [0.15, 0.2) is 5.82 Å². The predicted molar refractivity (Wildman–Crippen MR) is 112 cm³/mol. The number of methoxy groups -OCH3 is 2. The molecule has 28 heavy (non-hydrogen) atoms. The summed E-state index contributed by atoms with van der Waals surface area (Å²) in [5.74, 6) is 1.86. The molecule has 1 aliphatic rings. The van der Waals surface area contributed by atoms with E-state index < -0.39 is 6.10 Å². The number of hydrogen-bond acceptors (Lipinski definition) is 7. The van der Waals surface area contributed by atoms with Gasteiger partial charge in [-0.1, -0.05) is 0 Å². The van der Waals surface area contributed by atoms with Crippen LogP contribution in [-0.4, -0.2) is 68.4 Å². The van der Waals surface area contributed by atoms with Crippen molar-refractivity contribution in [3.8, 4) is 0 Å². The topological polar surface area (TPSA) is 75.9 Å². The van der Waals surface area contributed by atoms with Crippen molar-refractivity contribution in [3.05, 3.63) is 29.1 Å². The molecule has 0 spiro atoms. The number of hydrogen-bond donors (Lipinski definition) is 1. The fraction of sp³-hybridized carbons (Fsp3) is 0.600. The van der Waals surface area contributed by atoms with E-state index in [1.807, 2.05) is 32.2 Å². The van der Waals surface area contributed by atoms with Crippen LogP contribution in [0.25, 0.3) is 0 Å². The minimum Gasteiger partial charge on any atom is -0.388 e. The Morgan fingerprint density at radius 2 is 1.96 bits per heavy atom. The summed E-state index contributed by atoms with van der Waals surface area (Å²) in [5, 5.41) is 15.1. The third-order valence-corrected chi connectivity index (χ3v) is 4.69. The number of aryl methyl sites for hydroxylation is 2. The van der Waals surface area contributed by atoms with Crippen molar-refractivity contribution in [2.75, 3.05) is 58.4 Å². The van der Waals surface area contributed by atoms with Crippen LogP contribution in [0, 0.1) is 6.92 Å². The summed E-state index contributed by atoms with van der Waals surface area (Å²) in [4.78, 5) is 8.77. The summed E-state index contributed by atoms with van der Waals surface area (Å²) < 4.78 is 11.2. The van der Waals surface area contributed by atoms with Crippen molar-refractivity contribution in [2.24, 2.45) is 7.05 Å². The zero-order valence-corrected chi connectivity index (χ0v) is 18.1. The molecule has 3 rings (SSSR count). The van der Waals surface area contributed by atoms with Crippen molar-refractivity contribution in [3.63, 3.8) is 0 Å². The van der Waals surface area contributed by atoms with Gasteiger partial charge in [-0.25, -0.2) is 4.98 Å². The molecule has 0 amide bonds. The second-order valence-corrected chi connectivity index (χ2v) is 7.17. The standard InChI is InChI=1S/C18H27N5O2.C2H6O/c1-12-9-16(21(2)3)19-10-14(12)23-8-6-7-13-17(15(24)11-25-5)22(4)20-18(13)23;1-3-2/h9-10,15,24H,6-8,11H2,1-5H3;1-2H3. The van der Waals surface area contributed by atoms with Crippen LogP contribution < -0.4 is 9.80 Å². The second kappa shape index (κ2) is 9.86. The first-order valence-electron chi connectivity index (χ1n) is 9.40. The predicted octanol–water partition coefficient (Wildman–Crippen LogP) is 2.22. The molecule has 3 heterocycles. The molecule has 156 valence electrons. The molecule has 0 radical (unpaired) electrons. The van der Waals surface area contributed by atoms with E-state index in [0.717, 1.165) is 53.5 Å². The Balaban J connectivity index is 0.000000878. The van der Waals surface area contributed by atoms with E-state index in [-0.39, 0.29) is 6.61 Å². The Hall–Kier alpha value is -2.16. The quantitative estimate of drug-likeness (QED) is 0.837. The number of pyridine rings is 1. The Kier molecular flexibility index (Phi) is 7.79. The average Bonchev–Trinajstić information content (AvgIpc) is 2.98. The van der Waals surface area contributed by atoms with E-state index in [2.05, 4.69) is 27.6 Å². The highest BCUT2D eigenvalue weighted by atomic mass is 16.5. The Morgan fingerprint density at radius 1 is 1.29 bits per heavy atom. The number of fused-ring (bicyclic) bond motifs is 1. The third-order valence-electron chi connectivity index (χ3n) is 4.69. The molecule has 0 bridgehead atoms. The van der Waals surface area contributed by atoms with Gasteiger partial charge in [-0.15, -0.1) is 0 Å². The van der Waals surface area contributed by atoms with Gasteiger partial charge in [0.05, 0.1) is 24.2 Å². The molecule has 1 unspecified atom stereocenters. The zero-order chi connectivity index (χ0) is 20.8. The maximum absolute atomic E-state index is 10.4. The van der Waals surface area contributed by atoms with Gasteiger partial charge in [-0.05, 0) is 31.4 Å². The van der Waals surface area contributed by atoms with E-state index in [9.17, 15) is 5.11 Å². The van der Waals surface area contributed by atoms with E-state index in [4.69, 9.17) is 9.84 Å². The molecule has 2 aromatic heterocycles. The van der Waals surface area contributed by atoms with E-state index >= 15 is 0 Å². The molecule has 8 heteroatoms. The van der Waals surface area contributed by atoms with Gasteiger partial charge in [0.25, 0.3) is 0 Å². The van der Waals surface area contributed by atoms with E-state index in [0.29, 0.717) is 0 Å². The van der Waals surface area contributed by atoms with Crippen LogP contribution in [0.15, 0.2) is 12.3 Å². The fourth-order valence-electron chi connectivity index (χ4n) is 3.49. The first-order valence-corrected chi connectivity index (χ1v) is 9.40. The lowest BCUT2D eigenvalue weighted by Crippen LogP contribution is -2.26. The van der Waals surface area contributed by atoms with Crippen molar-refractivity contribution in [2.45, 2.75) is 25.9 Å². The van der Waals surface area contributed by atoms with Crippen molar-refractivity contribution < 1.29 is 14.6 Å². The highest BCUT2D eigenvalue weighted by Crippen LogP contribution is 2.37. The molecule has 0 saturated heterocycles. The number of nitrogens with zero attached hydrogens (tertiary/aromatic N) is 5. The number of aromatic nitrogens is 3. The molecule has 0 saturated carbocycles. The van der Waals surface area contributed by atoms with Crippen LogP contribution in [0.2, 0.25) is 0 Å². The molecule has 8 nitrogen and oxygen atoms in total. The SMILES string of the molecule is COC.COCC(O)c1c2c(nn1C)N(c1cnc(N(C)C)cc1C)CCC2. The highest BCUT2D eigenvalue weighted by molar-refractivity contribution is 5.68. The van der Waals surface area contributed by atoms with E-state index in [1.54, 1.807) is 26.0 Å². The summed E-state index contributed by atoms with van der Waals surface area (Å²) in [6.45, 7) is 3.26. The Labute approximate surface area is 167 Å². The molecule has 2 aromatic rings. The fourth-order valence-corrected chi connectivity index (χ4v) is 3.49. The van der Waals surface area contributed by atoms with Crippen molar-refractivity contribution in [1.29, 1.82) is 0 Å². The normalized spacial score (nSPS) is 14.2. The molecule has 0 aromatic carbocycles. The van der Waals surface area contributed by atoms with Gasteiger partial charge >= 0.3 is 0 Å². The lowest BCUT2D eigenvalue weighted by molar-refractivity contribution is 0.0587. The van der Waals surface area contributed by atoms with Crippen LogP contribution in [0.1, 0.15) is 29.3 Å². The summed E-state index contributed by atoms with van der Waals surface area (Å²) in [6, 6.07) is 2.09.